The molecule has 2 amide bonds. The van der Waals surface area contributed by atoms with Gasteiger partial charge in [-0.15, -0.1) is 0 Å². The number of alkyl halides is 6. The summed E-state index contributed by atoms with van der Waals surface area (Å²) in [6, 6.07) is 0.729. The summed E-state index contributed by atoms with van der Waals surface area (Å²) in [5.41, 5.74) is -2.94. The van der Waals surface area contributed by atoms with Gasteiger partial charge in [0.05, 0.1) is 24.2 Å². The maximum absolute atomic E-state index is 13.7. The Labute approximate surface area is 286 Å². The molecular weight excluding hydrogens is 672 g/mol. The van der Waals surface area contributed by atoms with E-state index in [0.717, 1.165) is 5.56 Å². The molecular formula is C33H41F6N7O4. The first-order chi connectivity index (χ1) is 23.3. The summed E-state index contributed by atoms with van der Waals surface area (Å²) in [6.07, 6.45) is -5.51. The SMILES string of the molecule is CC[C@@H]1C[C@H](N(Cc2cc(C(F)(F)F)cc(C(F)(F)F)c2)c2ncc(C3C=NN(C)C3)cn2)CCN1C(=O)OC1CN(C(=O)OC(C)(C)C)C1. The fourth-order valence-corrected chi connectivity index (χ4v) is 6.24. The molecule has 1 unspecified atom stereocenters. The normalized spacial score (nSPS) is 21.7. The number of ether oxygens (including phenoxy) is 2. The minimum atomic E-state index is -5.00. The third kappa shape index (κ3) is 8.88. The number of aromatic nitrogens is 2. The number of hydrogen-bond donors (Lipinski definition) is 0. The van der Waals surface area contributed by atoms with Crippen LogP contribution in [0.25, 0.3) is 0 Å². The fraction of sp³-hybridized carbons (Fsp3) is 0.606. The summed E-state index contributed by atoms with van der Waals surface area (Å²) in [4.78, 5) is 39.2. The number of likely N-dealkylation sites (tertiary alicyclic amines) is 2. The molecule has 2 aromatic rings. The predicted molar refractivity (Wildman–Crippen MR) is 170 cm³/mol. The number of amides is 2. The summed E-state index contributed by atoms with van der Waals surface area (Å²) >= 11 is 0. The number of carbonyl (C=O) groups excluding carboxylic acids is 2. The topological polar surface area (TPSA) is 104 Å². The summed E-state index contributed by atoms with van der Waals surface area (Å²) in [5, 5.41) is 5.97. The van der Waals surface area contributed by atoms with Crippen LogP contribution in [0.5, 0.6) is 0 Å². The quantitative estimate of drug-likeness (QED) is 0.299. The van der Waals surface area contributed by atoms with Crippen LogP contribution in [-0.4, -0.2) is 100 Å². The van der Waals surface area contributed by atoms with E-state index in [1.807, 2.05) is 14.0 Å². The number of halogens is 6. The fourth-order valence-electron chi connectivity index (χ4n) is 6.24. The van der Waals surface area contributed by atoms with Crippen molar-refractivity contribution in [3.8, 4) is 0 Å². The average Bonchev–Trinajstić information content (AvgIpc) is 3.45. The van der Waals surface area contributed by atoms with E-state index in [9.17, 15) is 35.9 Å². The molecule has 2 fully saturated rings. The molecule has 2 saturated heterocycles. The largest absolute Gasteiger partial charge is 0.444 e. The van der Waals surface area contributed by atoms with Gasteiger partial charge >= 0.3 is 24.5 Å². The van der Waals surface area contributed by atoms with Crippen molar-refractivity contribution < 1.29 is 45.4 Å². The molecule has 0 N–H and O–H groups in total. The van der Waals surface area contributed by atoms with Gasteiger partial charge in [-0.2, -0.15) is 31.4 Å². The Kier molecular flexibility index (Phi) is 10.4. The summed E-state index contributed by atoms with van der Waals surface area (Å²) < 4.78 is 93.5. The molecule has 274 valence electrons. The Bertz CT molecular complexity index is 1530. The molecule has 3 aliphatic rings. The van der Waals surface area contributed by atoms with E-state index in [1.54, 1.807) is 54.2 Å². The number of rotatable bonds is 7. The zero-order valence-corrected chi connectivity index (χ0v) is 28.5. The van der Waals surface area contributed by atoms with E-state index >= 15 is 0 Å². The van der Waals surface area contributed by atoms with Gasteiger partial charge in [0, 0.05) is 63.3 Å². The smallest absolute Gasteiger partial charge is 0.416 e. The van der Waals surface area contributed by atoms with Crippen LogP contribution in [-0.2, 0) is 28.4 Å². The maximum atomic E-state index is 13.7. The second-order valence-corrected chi connectivity index (χ2v) is 13.9. The lowest BCUT2D eigenvalue weighted by Crippen LogP contribution is -2.58. The van der Waals surface area contributed by atoms with Crippen LogP contribution < -0.4 is 4.90 Å². The minimum absolute atomic E-state index is 0.0779. The van der Waals surface area contributed by atoms with Crippen LogP contribution in [0.1, 0.15) is 75.1 Å². The summed E-state index contributed by atoms with van der Waals surface area (Å²) in [6.45, 7) is 7.98. The van der Waals surface area contributed by atoms with Crippen molar-refractivity contribution in [2.45, 2.75) is 95.6 Å². The summed E-state index contributed by atoms with van der Waals surface area (Å²) in [7, 11) is 1.81. The van der Waals surface area contributed by atoms with Crippen LogP contribution in [0.2, 0.25) is 0 Å². The number of hydrazone groups is 1. The number of hydrogen-bond acceptors (Lipinski definition) is 9. The van der Waals surface area contributed by atoms with Gasteiger partial charge in [-0.3, -0.25) is 5.01 Å². The van der Waals surface area contributed by atoms with E-state index in [0.29, 0.717) is 37.9 Å². The number of nitrogens with zero attached hydrogens (tertiary/aromatic N) is 7. The van der Waals surface area contributed by atoms with Crippen molar-refractivity contribution >= 4 is 24.3 Å². The highest BCUT2D eigenvalue weighted by Gasteiger charge is 2.41. The van der Waals surface area contributed by atoms with E-state index in [2.05, 4.69) is 15.1 Å². The van der Waals surface area contributed by atoms with Crippen LogP contribution >= 0.6 is 0 Å². The number of carbonyl (C=O) groups is 2. The van der Waals surface area contributed by atoms with Crippen molar-refractivity contribution in [1.82, 2.24) is 24.8 Å². The molecule has 1 aromatic heterocycles. The molecule has 3 atom stereocenters. The minimum Gasteiger partial charge on any atom is -0.444 e. The lowest BCUT2D eigenvalue weighted by atomic mass is 9.94. The highest BCUT2D eigenvalue weighted by atomic mass is 19.4. The first-order valence-corrected chi connectivity index (χ1v) is 16.4. The molecule has 50 heavy (non-hydrogen) atoms. The van der Waals surface area contributed by atoms with Gasteiger partial charge in [0.1, 0.15) is 11.7 Å². The molecule has 0 bridgehead atoms. The molecule has 1 aromatic carbocycles. The van der Waals surface area contributed by atoms with Gasteiger partial charge in [-0.1, -0.05) is 6.92 Å². The van der Waals surface area contributed by atoms with Gasteiger partial charge in [0.2, 0.25) is 5.95 Å². The average molecular weight is 714 g/mol. The van der Waals surface area contributed by atoms with Crippen LogP contribution in [0.3, 0.4) is 0 Å². The molecule has 0 saturated carbocycles. The predicted octanol–water partition coefficient (Wildman–Crippen LogP) is 6.53. The molecule has 0 aliphatic carbocycles. The van der Waals surface area contributed by atoms with Gasteiger partial charge < -0.3 is 24.2 Å². The van der Waals surface area contributed by atoms with Gasteiger partial charge in [-0.05, 0) is 69.4 Å². The van der Waals surface area contributed by atoms with Crippen molar-refractivity contribution in [3.63, 3.8) is 0 Å². The standard InChI is InChI=1S/C33H41F6N7O4/c1-6-25-12-26(7-8-45(25)30(48)49-27-18-44(19-27)29(47)50-31(2,3)4)46(28-40-13-21(14-41-28)22-15-42-43(5)17-22)16-20-9-23(32(34,35)36)11-24(10-20)33(37,38)39/h9-11,13-15,22,25-27H,6-8,12,16-19H2,1-5H3/t22?,25-,26-/m1/s1. The van der Waals surface area contributed by atoms with Gasteiger partial charge in [0.15, 0.2) is 0 Å². The molecule has 11 nitrogen and oxygen atoms in total. The number of piperidine rings is 1. The zero-order chi connectivity index (χ0) is 36.6. The third-order valence-corrected chi connectivity index (χ3v) is 8.85. The lowest BCUT2D eigenvalue weighted by molar-refractivity contribution is -0.143. The lowest BCUT2D eigenvalue weighted by Gasteiger charge is -2.44. The second kappa shape index (κ2) is 14.1. The van der Waals surface area contributed by atoms with Crippen LogP contribution in [0.15, 0.2) is 35.7 Å². The van der Waals surface area contributed by atoms with E-state index < -0.39 is 53.4 Å². The monoisotopic (exact) mass is 713 g/mol. The highest BCUT2D eigenvalue weighted by molar-refractivity contribution is 5.71. The van der Waals surface area contributed by atoms with E-state index in [4.69, 9.17) is 9.47 Å². The zero-order valence-electron chi connectivity index (χ0n) is 28.5. The number of anilines is 1. The highest BCUT2D eigenvalue weighted by Crippen LogP contribution is 2.38. The molecule has 0 spiro atoms. The maximum Gasteiger partial charge on any atom is 0.416 e. The molecule has 17 heteroatoms. The first-order valence-electron chi connectivity index (χ1n) is 16.4. The Balaban J connectivity index is 1.35. The Morgan fingerprint density at radius 2 is 1.56 bits per heavy atom. The second-order valence-electron chi connectivity index (χ2n) is 13.9. The molecule has 4 heterocycles. The Morgan fingerprint density at radius 3 is 2.08 bits per heavy atom. The number of benzene rings is 1. The molecule has 3 aliphatic heterocycles. The number of likely N-dealkylation sites (N-methyl/N-ethyl adjacent to an activating group) is 1. The van der Waals surface area contributed by atoms with Crippen molar-refractivity contribution in [3.05, 3.63) is 52.8 Å². The van der Waals surface area contributed by atoms with E-state index in [-0.39, 0.29) is 55.7 Å². The Morgan fingerprint density at radius 1 is 0.940 bits per heavy atom. The molecule has 0 radical (unpaired) electrons. The summed E-state index contributed by atoms with van der Waals surface area (Å²) in [5.74, 6) is 0.0570. The Hall–Kier alpha value is -4.31. The van der Waals surface area contributed by atoms with E-state index in [1.165, 1.54) is 4.90 Å². The first kappa shape index (κ1) is 37.0. The van der Waals surface area contributed by atoms with Crippen LogP contribution in [0.4, 0.5) is 41.9 Å². The van der Waals surface area contributed by atoms with Gasteiger partial charge in [0.25, 0.3) is 0 Å². The van der Waals surface area contributed by atoms with Crippen molar-refractivity contribution in [2.24, 2.45) is 5.10 Å². The van der Waals surface area contributed by atoms with Gasteiger partial charge in [-0.25, -0.2) is 19.6 Å². The third-order valence-electron chi connectivity index (χ3n) is 8.85. The molecule has 5 rings (SSSR count). The van der Waals surface area contributed by atoms with Crippen molar-refractivity contribution in [2.75, 3.05) is 38.1 Å². The van der Waals surface area contributed by atoms with Crippen molar-refractivity contribution in [1.29, 1.82) is 0 Å². The van der Waals surface area contributed by atoms with Crippen LogP contribution in [0, 0.1) is 0 Å².